The van der Waals surface area contributed by atoms with E-state index in [2.05, 4.69) is 13.2 Å². The molecule has 4 heteroatoms. The number of carbonyl (C=O) groups is 2. The van der Waals surface area contributed by atoms with Crippen LogP contribution in [0.3, 0.4) is 0 Å². The first-order valence-corrected chi connectivity index (χ1v) is 11.1. The Hall–Kier alpha value is -1.58. The molecule has 0 saturated heterocycles. The fourth-order valence-corrected chi connectivity index (χ4v) is 4.58. The normalized spacial score (nSPS) is 21.6. The summed E-state index contributed by atoms with van der Waals surface area (Å²) in [5.74, 6) is -0.591. The minimum Gasteiger partial charge on any atom is -0.456 e. The molecule has 2 saturated carbocycles. The molecule has 0 heterocycles. The highest BCUT2D eigenvalue weighted by Gasteiger charge is 2.41. The molecular weight excluding hydrogens is 352 g/mol. The second-order valence-electron chi connectivity index (χ2n) is 9.03. The largest absolute Gasteiger partial charge is 0.456 e. The molecule has 0 aromatic heterocycles. The van der Waals surface area contributed by atoms with Crippen molar-refractivity contribution < 1.29 is 19.1 Å². The maximum atomic E-state index is 12.4. The molecule has 0 aliphatic heterocycles. The second kappa shape index (κ2) is 10.3. The molecule has 0 aromatic rings. The van der Waals surface area contributed by atoms with Gasteiger partial charge in [0.15, 0.2) is 0 Å². The third kappa shape index (κ3) is 6.49. The first kappa shape index (κ1) is 22.7. The average Bonchev–Trinajstić information content (AvgIpc) is 3.01. The van der Waals surface area contributed by atoms with Gasteiger partial charge in [0, 0.05) is 11.1 Å². The van der Waals surface area contributed by atoms with E-state index in [0.717, 1.165) is 64.2 Å². The minimum atomic E-state index is -0.457. The number of esters is 2. The number of hydrogen-bond donors (Lipinski definition) is 0. The second-order valence-corrected chi connectivity index (χ2v) is 9.03. The fraction of sp³-hybridized carbons (Fsp3) is 0.750. The maximum Gasteiger partial charge on any atom is 0.333 e. The average molecular weight is 391 g/mol. The van der Waals surface area contributed by atoms with Crippen molar-refractivity contribution in [3.63, 3.8) is 0 Å². The van der Waals surface area contributed by atoms with Crippen molar-refractivity contribution in [3.8, 4) is 0 Å². The van der Waals surface area contributed by atoms with Gasteiger partial charge in [-0.1, -0.05) is 38.8 Å². The Balaban J connectivity index is 2.19. The number of carbonyl (C=O) groups excluding carboxylic acids is 2. The molecule has 2 aliphatic carbocycles. The molecule has 0 spiro atoms. The van der Waals surface area contributed by atoms with Crippen molar-refractivity contribution >= 4 is 11.9 Å². The van der Waals surface area contributed by atoms with Crippen molar-refractivity contribution in [2.45, 2.75) is 115 Å². The Kier molecular flexibility index (Phi) is 8.33. The smallest absolute Gasteiger partial charge is 0.333 e. The van der Waals surface area contributed by atoms with Crippen molar-refractivity contribution in [3.05, 3.63) is 24.3 Å². The van der Waals surface area contributed by atoms with Gasteiger partial charge >= 0.3 is 11.9 Å². The van der Waals surface area contributed by atoms with E-state index in [0.29, 0.717) is 11.1 Å². The van der Waals surface area contributed by atoms with Crippen molar-refractivity contribution in [1.29, 1.82) is 0 Å². The quantitative estimate of drug-likeness (QED) is 0.295. The monoisotopic (exact) mass is 390 g/mol. The third-order valence-electron chi connectivity index (χ3n) is 6.38. The topological polar surface area (TPSA) is 52.6 Å². The summed E-state index contributed by atoms with van der Waals surface area (Å²) in [4.78, 5) is 24.7. The predicted octanol–water partition coefficient (Wildman–Crippen LogP) is 6.19. The summed E-state index contributed by atoms with van der Waals surface area (Å²) in [5.41, 5.74) is -0.0221. The van der Waals surface area contributed by atoms with Crippen LogP contribution < -0.4 is 0 Å². The van der Waals surface area contributed by atoms with Crippen LogP contribution in [0.1, 0.15) is 104 Å². The van der Waals surface area contributed by atoms with Crippen LogP contribution in [0.15, 0.2) is 24.3 Å². The molecule has 0 aromatic carbocycles. The zero-order chi connectivity index (χ0) is 20.6. The molecule has 0 amide bonds. The molecule has 4 nitrogen and oxygen atoms in total. The molecule has 2 rings (SSSR count). The van der Waals surface area contributed by atoms with Crippen LogP contribution in [0.25, 0.3) is 0 Å². The Morgan fingerprint density at radius 1 is 0.643 bits per heavy atom. The van der Waals surface area contributed by atoms with Gasteiger partial charge in [-0.15, -0.1) is 0 Å². The lowest BCUT2D eigenvalue weighted by atomic mass is 9.81. The molecule has 2 fully saturated rings. The Bertz CT molecular complexity index is 521. The van der Waals surface area contributed by atoms with Gasteiger partial charge in [0.05, 0.1) is 0 Å². The van der Waals surface area contributed by atoms with Gasteiger partial charge in [-0.25, -0.2) is 9.59 Å². The van der Waals surface area contributed by atoms with Crippen LogP contribution in [0.5, 0.6) is 0 Å². The summed E-state index contributed by atoms with van der Waals surface area (Å²) >= 11 is 0. The zero-order valence-corrected chi connectivity index (χ0v) is 17.9. The summed E-state index contributed by atoms with van der Waals surface area (Å²) < 4.78 is 12.1. The molecule has 158 valence electrons. The minimum absolute atomic E-state index is 0.296. The first-order chi connectivity index (χ1) is 13.3. The van der Waals surface area contributed by atoms with E-state index in [1.54, 1.807) is 13.8 Å². The van der Waals surface area contributed by atoms with Crippen LogP contribution in [0.4, 0.5) is 0 Å². The fourth-order valence-electron chi connectivity index (χ4n) is 4.58. The summed E-state index contributed by atoms with van der Waals surface area (Å²) in [6.45, 7) is 10.9. The standard InChI is InChI=1S/C24H38O4/c1-19(2)21(25)27-23(13-9-5-6-10-14-23)17-18-24(28-22(26)20(3)4)15-11-7-8-12-16-24/h1,3,5-18H2,2,4H3. The Morgan fingerprint density at radius 3 is 1.18 bits per heavy atom. The summed E-state index contributed by atoms with van der Waals surface area (Å²) in [6, 6.07) is 0. The highest BCUT2D eigenvalue weighted by molar-refractivity contribution is 5.87. The first-order valence-electron chi connectivity index (χ1n) is 11.1. The molecule has 0 radical (unpaired) electrons. The molecule has 0 atom stereocenters. The molecule has 0 bridgehead atoms. The SMILES string of the molecule is C=C(C)C(=O)OC1(CCC2(OC(=O)C(=C)C)CCCCCC2)CCCCCC1. The summed E-state index contributed by atoms with van der Waals surface area (Å²) in [6.07, 6.45) is 14.0. The van der Waals surface area contributed by atoms with Gasteiger partial charge in [-0.2, -0.15) is 0 Å². The lowest BCUT2D eigenvalue weighted by molar-refractivity contribution is -0.166. The summed E-state index contributed by atoms with van der Waals surface area (Å²) in [7, 11) is 0. The lowest BCUT2D eigenvalue weighted by Gasteiger charge is -2.38. The maximum absolute atomic E-state index is 12.4. The predicted molar refractivity (Wildman–Crippen MR) is 112 cm³/mol. The zero-order valence-electron chi connectivity index (χ0n) is 17.9. The van der Waals surface area contributed by atoms with E-state index >= 15 is 0 Å². The van der Waals surface area contributed by atoms with Crippen LogP contribution >= 0.6 is 0 Å². The van der Waals surface area contributed by atoms with E-state index in [9.17, 15) is 9.59 Å². The van der Waals surface area contributed by atoms with E-state index in [4.69, 9.17) is 9.47 Å². The molecule has 2 aliphatic rings. The van der Waals surface area contributed by atoms with E-state index < -0.39 is 11.2 Å². The molecule has 0 N–H and O–H groups in total. The molecular formula is C24H38O4. The number of hydrogen-bond acceptors (Lipinski definition) is 4. The number of ether oxygens (including phenoxy) is 2. The third-order valence-corrected chi connectivity index (χ3v) is 6.38. The van der Waals surface area contributed by atoms with Gasteiger partial charge < -0.3 is 9.47 Å². The van der Waals surface area contributed by atoms with Crippen LogP contribution in [-0.2, 0) is 19.1 Å². The van der Waals surface area contributed by atoms with Crippen molar-refractivity contribution in [2.75, 3.05) is 0 Å². The van der Waals surface area contributed by atoms with Crippen LogP contribution in [-0.4, -0.2) is 23.1 Å². The number of rotatable bonds is 7. The van der Waals surface area contributed by atoms with Crippen molar-refractivity contribution in [2.24, 2.45) is 0 Å². The van der Waals surface area contributed by atoms with Crippen LogP contribution in [0.2, 0.25) is 0 Å². The van der Waals surface area contributed by atoms with Gasteiger partial charge in [-0.3, -0.25) is 0 Å². The van der Waals surface area contributed by atoms with E-state index in [1.165, 1.54) is 25.7 Å². The van der Waals surface area contributed by atoms with Gasteiger partial charge in [-0.05, 0) is 78.1 Å². The van der Waals surface area contributed by atoms with Gasteiger partial charge in [0.2, 0.25) is 0 Å². The molecule has 0 unspecified atom stereocenters. The lowest BCUT2D eigenvalue weighted by Crippen LogP contribution is -2.41. The summed E-state index contributed by atoms with van der Waals surface area (Å²) in [5, 5.41) is 0. The van der Waals surface area contributed by atoms with Gasteiger partial charge in [0.1, 0.15) is 11.2 Å². The van der Waals surface area contributed by atoms with Crippen LogP contribution in [0, 0.1) is 0 Å². The van der Waals surface area contributed by atoms with E-state index in [-0.39, 0.29) is 11.9 Å². The van der Waals surface area contributed by atoms with Gasteiger partial charge in [0.25, 0.3) is 0 Å². The Labute approximate surface area is 170 Å². The molecule has 28 heavy (non-hydrogen) atoms. The highest BCUT2D eigenvalue weighted by atomic mass is 16.6. The van der Waals surface area contributed by atoms with E-state index in [1.807, 2.05) is 0 Å². The van der Waals surface area contributed by atoms with Crippen molar-refractivity contribution in [1.82, 2.24) is 0 Å². The highest BCUT2D eigenvalue weighted by Crippen LogP contribution is 2.41. The Morgan fingerprint density at radius 2 is 0.929 bits per heavy atom.